The highest BCUT2D eigenvalue weighted by atomic mass is 32.2. The van der Waals surface area contributed by atoms with Gasteiger partial charge in [0.1, 0.15) is 0 Å². The SMILES string of the molecule is C=Nc1ccc(-c2ccccc2)cc1SCCc1nnc(CNSC2CC2)o1. The minimum atomic E-state index is 0.616. The van der Waals surface area contributed by atoms with E-state index in [1.165, 1.54) is 24.0 Å². The fraction of sp³-hybridized carbons (Fsp3) is 0.286. The third-order valence-electron chi connectivity index (χ3n) is 4.32. The van der Waals surface area contributed by atoms with Crippen molar-refractivity contribution in [3.05, 3.63) is 60.3 Å². The van der Waals surface area contributed by atoms with Crippen LogP contribution in [0.15, 0.2) is 62.8 Å². The Kier molecular flexibility index (Phi) is 6.46. The van der Waals surface area contributed by atoms with Crippen LogP contribution in [0.3, 0.4) is 0 Å². The standard InChI is InChI=1S/C21H22N4OS2/c1-22-18-10-7-16(15-5-3-2-4-6-15)13-19(18)27-12-11-20-24-25-21(26-20)14-23-28-17-8-9-17/h2-7,10,13,17,23H,1,8-9,11-12,14H2. The Bertz CT molecular complexity index is 925. The molecule has 1 aromatic heterocycles. The lowest BCUT2D eigenvalue weighted by Crippen LogP contribution is -2.04. The van der Waals surface area contributed by atoms with Crippen LogP contribution in [0.25, 0.3) is 11.1 Å². The van der Waals surface area contributed by atoms with Crippen molar-refractivity contribution in [3.8, 4) is 11.1 Å². The van der Waals surface area contributed by atoms with Gasteiger partial charge in [0.2, 0.25) is 11.8 Å². The molecule has 1 N–H and O–H groups in total. The number of benzene rings is 2. The van der Waals surface area contributed by atoms with E-state index in [0.29, 0.717) is 18.3 Å². The van der Waals surface area contributed by atoms with Gasteiger partial charge in [-0.1, -0.05) is 48.3 Å². The Morgan fingerprint density at radius 2 is 1.89 bits per heavy atom. The largest absolute Gasteiger partial charge is 0.424 e. The van der Waals surface area contributed by atoms with Crippen molar-refractivity contribution in [3.63, 3.8) is 0 Å². The minimum Gasteiger partial charge on any atom is -0.424 e. The molecule has 0 unspecified atom stereocenters. The number of aromatic nitrogens is 2. The van der Waals surface area contributed by atoms with Gasteiger partial charge in [0.15, 0.2) is 0 Å². The number of hydrogen-bond donors (Lipinski definition) is 1. The molecule has 1 fully saturated rings. The first-order valence-corrected chi connectivity index (χ1v) is 11.2. The summed E-state index contributed by atoms with van der Waals surface area (Å²) in [5, 5.41) is 9.03. The van der Waals surface area contributed by atoms with Gasteiger partial charge in [-0.15, -0.1) is 22.0 Å². The summed E-state index contributed by atoms with van der Waals surface area (Å²) in [6, 6.07) is 16.6. The maximum atomic E-state index is 5.73. The maximum absolute atomic E-state index is 5.73. The van der Waals surface area contributed by atoms with E-state index in [-0.39, 0.29) is 0 Å². The monoisotopic (exact) mass is 410 g/mol. The molecule has 0 aliphatic heterocycles. The van der Waals surface area contributed by atoms with Crippen LogP contribution in [0.1, 0.15) is 24.6 Å². The smallest absolute Gasteiger partial charge is 0.231 e. The Hall–Kier alpha value is -2.09. The van der Waals surface area contributed by atoms with Crippen LogP contribution in [0.2, 0.25) is 0 Å². The Labute approximate surface area is 173 Å². The van der Waals surface area contributed by atoms with Crippen LogP contribution in [-0.2, 0) is 13.0 Å². The summed E-state index contributed by atoms with van der Waals surface area (Å²) in [5.74, 6) is 2.16. The molecule has 7 heteroatoms. The van der Waals surface area contributed by atoms with E-state index in [1.54, 1.807) is 23.7 Å². The highest BCUT2D eigenvalue weighted by Gasteiger charge is 2.21. The van der Waals surface area contributed by atoms with Gasteiger partial charge in [-0.05, 0) is 42.8 Å². The van der Waals surface area contributed by atoms with Gasteiger partial charge in [0.25, 0.3) is 0 Å². The molecule has 1 aliphatic carbocycles. The number of thioether (sulfide) groups is 1. The summed E-state index contributed by atoms with van der Waals surface area (Å²) in [7, 11) is 0. The number of nitrogens with zero attached hydrogens (tertiary/aromatic N) is 3. The number of aryl methyl sites for hydroxylation is 1. The second-order valence-electron chi connectivity index (χ2n) is 6.53. The molecule has 4 rings (SSSR count). The van der Waals surface area contributed by atoms with E-state index in [9.17, 15) is 0 Å². The first-order valence-electron chi connectivity index (χ1n) is 9.30. The summed E-state index contributed by atoms with van der Waals surface area (Å²) >= 11 is 3.50. The molecule has 5 nitrogen and oxygen atoms in total. The van der Waals surface area contributed by atoms with Gasteiger partial charge in [-0.2, -0.15) is 0 Å². The molecule has 144 valence electrons. The highest BCUT2D eigenvalue weighted by Crippen LogP contribution is 2.34. The topological polar surface area (TPSA) is 63.3 Å². The predicted octanol–water partition coefficient (Wildman–Crippen LogP) is 5.30. The molecule has 1 saturated carbocycles. The summed E-state index contributed by atoms with van der Waals surface area (Å²) in [4.78, 5) is 5.27. The third-order valence-corrected chi connectivity index (χ3v) is 6.48. The lowest BCUT2D eigenvalue weighted by molar-refractivity contribution is 0.452. The first kappa shape index (κ1) is 19.2. The summed E-state index contributed by atoms with van der Waals surface area (Å²) < 4.78 is 9.02. The molecular weight excluding hydrogens is 388 g/mol. The van der Waals surface area contributed by atoms with E-state index < -0.39 is 0 Å². The van der Waals surface area contributed by atoms with Crippen LogP contribution in [0, 0.1) is 0 Å². The summed E-state index contributed by atoms with van der Waals surface area (Å²) in [6.45, 7) is 4.31. The number of hydrogen-bond acceptors (Lipinski definition) is 7. The van der Waals surface area contributed by atoms with Crippen molar-refractivity contribution < 1.29 is 4.42 Å². The molecule has 2 aromatic carbocycles. The lowest BCUT2D eigenvalue weighted by atomic mass is 10.1. The fourth-order valence-corrected chi connectivity index (χ4v) is 4.49. The molecular formula is C21H22N4OS2. The van der Waals surface area contributed by atoms with Gasteiger partial charge >= 0.3 is 0 Å². The Balaban J connectivity index is 1.33. The zero-order chi connectivity index (χ0) is 19.2. The average Bonchev–Trinajstić information content (AvgIpc) is 3.46. The molecule has 1 aliphatic rings. The van der Waals surface area contributed by atoms with Gasteiger partial charge in [0, 0.05) is 22.3 Å². The van der Waals surface area contributed by atoms with Crippen molar-refractivity contribution in [1.29, 1.82) is 0 Å². The zero-order valence-corrected chi connectivity index (χ0v) is 17.1. The molecule has 3 aromatic rings. The van der Waals surface area contributed by atoms with Crippen LogP contribution in [-0.4, -0.2) is 27.9 Å². The third kappa shape index (κ3) is 5.25. The number of rotatable bonds is 10. The normalized spacial score (nSPS) is 13.6. The molecule has 0 saturated heterocycles. The van der Waals surface area contributed by atoms with E-state index in [1.807, 2.05) is 24.3 Å². The van der Waals surface area contributed by atoms with Gasteiger partial charge < -0.3 is 4.42 Å². The second kappa shape index (κ2) is 9.41. The lowest BCUT2D eigenvalue weighted by Gasteiger charge is -2.08. The van der Waals surface area contributed by atoms with E-state index in [0.717, 1.165) is 28.0 Å². The highest BCUT2D eigenvalue weighted by molar-refractivity contribution is 7.99. The van der Waals surface area contributed by atoms with Crippen molar-refractivity contribution in [2.24, 2.45) is 4.99 Å². The summed E-state index contributed by atoms with van der Waals surface area (Å²) in [6.07, 6.45) is 3.33. The van der Waals surface area contributed by atoms with E-state index in [2.05, 4.69) is 50.9 Å². The quantitative estimate of drug-likeness (QED) is 0.278. The molecule has 28 heavy (non-hydrogen) atoms. The van der Waals surface area contributed by atoms with Crippen molar-refractivity contribution in [2.45, 2.75) is 36.0 Å². The molecule has 0 spiro atoms. The van der Waals surface area contributed by atoms with Crippen LogP contribution >= 0.6 is 23.7 Å². The van der Waals surface area contributed by atoms with Crippen LogP contribution in [0.5, 0.6) is 0 Å². The summed E-state index contributed by atoms with van der Waals surface area (Å²) in [5.41, 5.74) is 3.27. The Morgan fingerprint density at radius 3 is 2.68 bits per heavy atom. The van der Waals surface area contributed by atoms with Gasteiger partial charge in [-0.25, -0.2) is 0 Å². The second-order valence-corrected chi connectivity index (χ2v) is 8.86. The number of nitrogens with one attached hydrogen (secondary N) is 1. The maximum Gasteiger partial charge on any atom is 0.231 e. The fourth-order valence-electron chi connectivity index (χ4n) is 2.69. The molecule has 0 radical (unpaired) electrons. The predicted molar refractivity (Wildman–Crippen MR) is 117 cm³/mol. The molecule has 0 bridgehead atoms. The first-order chi connectivity index (χ1) is 13.8. The van der Waals surface area contributed by atoms with Crippen molar-refractivity contribution >= 4 is 36.1 Å². The molecule has 1 heterocycles. The van der Waals surface area contributed by atoms with E-state index >= 15 is 0 Å². The number of aliphatic imine (C=N–C) groups is 1. The van der Waals surface area contributed by atoms with Crippen molar-refractivity contribution in [2.75, 3.05) is 5.75 Å². The van der Waals surface area contributed by atoms with Gasteiger partial charge in [0.05, 0.1) is 12.2 Å². The Morgan fingerprint density at radius 1 is 1.07 bits per heavy atom. The molecule has 0 amide bonds. The minimum absolute atomic E-state index is 0.616. The van der Waals surface area contributed by atoms with Crippen LogP contribution < -0.4 is 4.72 Å². The van der Waals surface area contributed by atoms with Gasteiger partial charge in [-0.3, -0.25) is 9.71 Å². The van der Waals surface area contributed by atoms with Crippen molar-refractivity contribution in [1.82, 2.24) is 14.9 Å². The van der Waals surface area contributed by atoms with Crippen LogP contribution in [0.4, 0.5) is 5.69 Å². The molecule has 0 atom stereocenters. The van der Waals surface area contributed by atoms with E-state index in [4.69, 9.17) is 4.42 Å². The average molecular weight is 411 g/mol. The zero-order valence-electron chi connectivity index (χ0n) is 15.5.